The number of ether oxygens (including phenoxy) is 1. The molecule has 2 fully saturated rings. The van der Waals surface area contributed by atoms with Gasteiger partial charge >= 0.3 is 0 Å². The minimum Gasteiger partial charge on any atom is -0.379 e. The number of tetrazole rings is 1. The SMILES string of the molecule is Cc1ccc(C(CN2CCOCC2)NC(=O)CSc2nnnn2C2CC2)cc1. The van der Waals surface area contributed by atoms with Crippen molar-refractivity contribution in [2.45, 2.75) is 37.0 Å². The summed E-state index contributed by atoms with van der Waals surface area (Å²) >= 11 is 1.40. The fourth-order valence-electron chi connectivity index (χ4n) is 3.27. The second kappa shape index (κ2) is 9.02. The van der Waals surface area contributed by atoms with E-state index in [0.29, 0.717) is 11.8 Å². The first-order chi connectivity index (χ1) is 13.7. The Hall–Kier alpha value is -1.97. The molecule has 150 valence electrons. The average Bonchev–Trinajstić information content (AvgIpc) is 3.45. The highest BCUT2D eigenvalue weighted by molar-refractivity contribution is 7.99. The van der Waals surface area contributed by atoms with E-state index in [2.05, 4.69) is 56.9 Å². The van der Waals surface area contributed by atoms with E-state index >= 15 is 0 Å². The van der Waals surface area contributed by atoms with Gasteiger partial charge in [-0.3, -0.25) is 9.69 Å². The lowest BCUT2D eigenvalue weighted by molar-refractivity contribution is -0.119. The molecule has 0 spiro atoms. The largest absolute Gasteiger partial charge is 0.379 e. The predicted molar refractivity (Wildman–Crippen MR) is 106 cm³/mol. The number of nitrogens with one attached hydrogen (secondary N) is 1. The zero-order valence-corrected chi connectivity index (χ0v) is 16.9. The van der Waals surface area contributed by atoms with Crippen LogP contribution in [0.5, 0.6) is 0 Å². The maximum absolute atomic E-state index is 12.7. The lowest BCUT2D eigenvalue weighted by Crippen LogP contribution is -2.43. The lowest BCUT2D eigenvalue weighted by Gasteiger charge is -2.31. The highest BCUT2D eigenvalue weighted by atomic mass is 32.2. The van der Waals surface area contributed by atoms with Crippen molar-refractivity contribution in [3.05, 3.63) is 35.4 Å². The fraction of sp³-hybridized carbons (Fsp3) is 0.579. The molecule has 8 nitrogen and oxygen atoms in total. The molecule has 4 rings (SSSR count). The van der Waals surface area contributed by atoms with E-state index in [0.717, 1.165) is 56.4 Å². The Kier molecular flexibility index (Phi) is 6.23. The van der Waals surface area contributed by atoms with Crippen molar-refractivity contribution in [3.63, 3.8) is 0 Å². The van der Waals surface area contributed by atoms with E-state index in [1.54, 1.807) is 0 Å². The van der Waals surface area contributed by atoms with Crippen LogP contribution in [0.4, 0.5) is 0 Å². The van der Waals surface area contributed by atoms with Gasteiger partial charge in [-0.1, -0.05) is 41.6 Å². The number of carbonyl (C=O) groups is 1. The number of rotatable bonds is 8. The molecular formula is C19H26N6O2S. The molecule has 2 heterocycles. The maximum atomic E-state index is 12.7. The molecule has 1 aliphatic heterocycles. The number of morpholine rings is 1. The number of amides is 1. The zero-order chi connectivity index (χ0) is 19.3. The van der Waals surface area contributed by atoms with Gasteiger partial charge in [0.2, 0.25) is 11.1 Å². The summed E-state index contributed by atoms with van der Waals surface area (Å²) in [6.45, 7) is 6.12. The zero-order valence-electron chi connectivity index (χ0n) is 16.1. The van der Waals surface area contributed by atoms with Crippen molar-refractivity contribution < 1.29 is 9.53 Å². The van der Waals surface area contributed by atoms with Gasteiger partial charge in [0.1, 0.15) is 0 Å². The minimum absolute atomic E-state index is 0.00539. The molecular weight excluding hydrogens is 376 g/mol. The number of carbonyl (C=O) groups excluding carboxylic acids is 1. The molecule has 0 bridgehead atoms. The second-order valence-corrected chi connectivity index (χ2v) is 8.31. The van der Waals surface area contributed by atoms with E-state index in [1.165, 1.54) is 17.3 Å². The summed E-state index contributed by atoms with van der Waals surface area (Å²) in [4.78, 5) is 15.0. The number of aryl methyl sites for hydroxylation is 1. The summed E-state index contributed by atoms with van der Waals surface area (Å²) < 4.78 is 7.28. The molecule has 1 aliphatic carbocycles. The Morgan fingerprint density at radius 3 is 2.75 bits per heavy atom. The Labute approximate surface area is 169 Å². The molecule has 1 aromatic carbocycles. The molecule has 0 radical (unpaired) electrons. The van der Waals surface area contributed by atoms with Crippen LogP contribution in [0.1, 0.15) is 36.1 Å². The number of aromatic nitrogens is 4. The summed E-state index contributed by atoms with van der Waals surface area (Å²) in [5, 5.41) is 15.8. The maximum Gasteiger partial charge on any atom is 0.231 e. The molecule has 9 heteroatoms. The van der Waals surface area contributed by atoms with E-state index in [1.807, 2.05) is 4.68 Å². The second-order valence-electron chi connectivity index (χ2n) is 7.37. The van der Waals surface area contributed by atoms with Gasteiger partial charge in [-0.15, -0.1) is 5.10 Å². The van der Waals surface area contributed by atoms with Crippen LogP contribution in [0.15, 0.2) is 29.4 Å². The van der Waals surface area contributed by atoms with Crippen LogP contribution in [0.25, 0.3) is 0 Å². The summed E-state index contributed by atoms with van der Waals surface area (Å²) in [5.74, 6) is 0.299. The third-order valence-electron chi connectivity index (χ3n) is 5.05. The minimum atomic E-state index is -0.0498. The van der Waals surface area contributed by atoms with Crippen LogP contribution in [-0.4, -0.2) is 69.6 Å². The third kappa shape index (κ3) is 5.09. The van der Waals surface area contributed by atoms with E-state index < -0.39 is 0 Å². The molecule has 1 atom stereocenters. The predicted octanol–water partition coefficient (Wildman–Crippen LogP) is 1.60. The highest BCUT2D eigenvalue weighted by Gasteiger charge is 2.28. The molecule has 1 aromatic heterocycles. The van der Waals surface area contributed by atoms with Crippen molar-refractivity contribution in [1.29, 1.82) is 0 Å². The number of hydrogen-bond acceptors (Lipinski definition) is 7. The normalized spacial score (nSPS) is 18.8. The summed E-state index contributed by atoms with van der Waals surface area (Å²) in [7, 11) is 0. The number of thioether (sulfide) groups is 1. The van der Waals surface area contributed by atoms with Crippen LogP contribution in [0, 0.1) is 6.92 Å². The summed E-state index contributed by atoms with van der Waals surface area (Å²) in [6, 6.07) is 8.73. The van der Waals surface area contributed by atoms with Gasteiger partial charge in [0, 0.05) is 19.6 Å². The molecule has 1 saturated carbocycles. The first-order valence-corrected chi connectivity index (χ1v) is 10.7. The van der Waals surface area contributed by atoms with Crippen LogP contribution in [0.2, 0.25) is 0 Å². The van der Waals surface area contributed by atoms with Gasteiger partial charge in [0.05, 0.1) is 31.1 Å². The molecule has 1 amide bonds. The number of benzene rings is 1. The van der Waals surface area contributed by atoms with Gasteiger partial charge in [-0.05, 0) is 35.8 Å². The summed E-state index contributed by atoms with van der Waals surface area (Å²) in [6.07, 6.45) is 2.22. The summed E-state index contributed by atoms with van der Waals surface area (Å²) in [5.41, 5.74) is 2.33. The van der Waals surface area contributed by atoms with Gasteiger partial charge < -0.3 is 10.1 Å². The van der Waals surface area contributed by atoms with E-state index in [9.17, 15) is 4.79 Å². The third-order valence-corrected chi connectivity index (χ3v) is 5.98. The van der Waals surface area contributed by atoms with Crippen molar-refractivity contribution in [3.8, 4) is 0 Å². The Morgan fingerprint density at radius 1 is 1.29 bits per heavy atom. The Balaban J connectivity index is 1.38. The van der Waals surface area contributed by atoms with Crippen molar-refractivity contribution in [1.82, 2.24) is 30.4 Å². The molecule has 1 saturated heterocycles. The van der Waals surface area contributed by atoms with E-state index in [-0.39, 0.29) is 11.9 Å². The van der Waals surface area contributed by atoms with Gasteiger partial charge in [-0.25, -0.2) is 4.68 Å². The first kappa shape index (κ1) is 19.4. The smallest absolute Gasteiger partial charge is 0.231 e. The monoisotopic (exact) mass is 402 g/mol. The van der Waals surface area contributed by atoms with Crippen LogP contribution in [-0.2, 0) is 9.53 Å². The molecule has 28 heavy (non-hydrogen) atoms. The van der Waals surface area contributed by atoms with Crippen LogP contribution in [0.3, 0.4) is 0 Å². The lowest BCUT2D eigenvalue weighted by atomic mass is 10.0. The van der Waals surface area contributed by atoms with Crippen LogP contribution < -0.4 is 5.32 Å². The molecule has 2 aliphatic rings. The van der Waals surface area contributed by atoms with Gasteiger partial charge in [0.25, 0.3) is 0 Å². The van der Waals surface area contributed by atoms with Crippen molar-refractivity contribution in [2.24, 2.45) is 0 Å². The Bertz CT molecular complexity index is 786. The Morgan fingerprint density at radius 2 is 2.04 bits per heavy atom. The van der Waals surface area contributed by atoms with Crippen molar-refractivity contribution >= 4 is 17.7 Å². The highest BCUT2D eigenvalue weighted by Crippen LogP contribution is 2.36. The number of nitrogens with zero attached hydrogens (tertiary/aromatic N) is 5. The van der Waals surface area contributed by atoms with Gasteiger partial charge in [0.15, 0.2) is 0 Å². The van der Waals surface area contributed by atoms with Gasteiger partial charge in [-0.2, -0.15) is 0 Å². The standard InChI is InChI=1S/C19H26N6O2S/c1-14-2-4-15(5-3-14)17(12-24-8-10-27-11-9-24)20-18(26)13-28-19-21-22-23-25(19)16-6-7-16/h2-5,16-17H,6-13H2,1H3,(H,20,26). The first-order valence-electron chi connectivity index (χ1n) is 9.76. The molecule has 1 unspecified atom stereocenters. The topological polar surface area (TPSA) is 85.2 Å². The fourth-order valence-corrected chi connectivity index (χ4v) is 4.03. The van der Waals surface area contributed by atoms with Crippen LogP contribution >= 0.6 is 11.8 Å². The average molecular weight is 403 g/mol. The van der Waals surface area contributed by atoms with E-state index in [4.69, 9.17) is 4.74 Å². The quantitative estimate of drug-likeness (QED) is 0.671. The van der Waals surface area contributed by atoms with Crippen molar-refractivity contribution in [2.75, 3.05) is 38.6 Å². The molecule has 1 N–H and O–H groups in total. The number of hydrogen-bond donors (Lipinski definition) is 1. The molecule has 2 aromatic rings.